The van der Waals surface area contributed by atoms with Crippen molar-refractivity contribution in [3.05, 3.63) is 70.1 Å². The minimum Gasteiger partial charge on any atom is -0.416 e. The number of aryl methyl sites for hydroxylation is 2. The molecule has 0 bridgehead atoms. The Morgan fingerprint density at radius 3 is 2.73 bits per heavy atom. The van der Waals surface area contributed by atoms with Crippen molar-refractivity contribution in [2.75, 3.05) is 11.1 Å². The maximum Gasteiger partial charge on any atom is 0.277 e. The molecule has 0 atom stereocenters. The van der Waals surface area contributed by atoms with E-state index in [-0.39, 0.29) is 11.7 Å². The van der Waals surface area contributed by atoms with Gasteiger partial charge in [-0.15, -0.1) is 10.2 Å². The van der Waals surface area contributed by atoms with E-state index in [0.29, 0.717) is 28.2 Å². The van der Waals surface area contributed by atoms with Crippen LogP contribution < -0.4 is 5.32 Å². The first kappa shape index (κ1) is 18.5. The zero-order chi connectivity index (χ0) is 18.5. The van der Waals surface area contributed by atoms with Crippen LogP contribution >= 0.6 is 23.4 Å². The zero-order valence-electron chi connectivity index (χ0n) is 14.5. The van der Waals surface area contributed by atoms with Gasteiger partial charge in [-0.1, -0.05) is 53.7 Å². The third kappa shape index (κ3) is 4.86. The lowest BCUT2D eigenvalue weighted by molar-refractivity contribution is -0.113. The quantitative estimate of drug-likeness (QED) is 0.623. The summed E-state index contributed by atoms with van der Waals surface area (Å²) in [5, 5.41) is 11.7. The Labute approximate surface area is 161 Å². The van der Waals surface area contributed by atoms with Crippen molar-refractivity contribution in [3.8, 4) is 0 Å². The van der Waals surface area contributed by atoms with Crippen LogP contribution in [0.2, 0.25) is 5.02 Å². The molecule has 0 saturated carbocycles. The molecule has 7 heteroatoms. The number of halogens is 1. The molecule has 0 aliphatic heterocycles. The van der Waals surface area contributed by atoms with E-state index in [2.05, 4.69) is 47.6 Å². The molecule has 0 unspecified atom stereocenters. The van der Waals surface area contributed by atoms with E-state index in [1.54, 1.807) is 12.1 Å². The molecule has 5 nitrogen and oxygen atoms in total. The highest BCUT2D eigenvalue weighted by Crippen LogP contribution is 2.22. The molecule has 3 aromatic rings. The third-order valence-electron chi connectivity index (χ3n) is 3.85. The van der Waals surface area contributed by atoms with Gasteiger partial charge in [0.05, 0.1) is 22.9 Å². The fraction of sp³-hybridized carbons (Fsp3) is 0.211. The van der Waals surface area contributed by atoms with Gasteiger partial charge in [-0.05, 0) is 42.7 Å². The molecule has 0 aliphatic carbocycles. The Bertz CT molecular complexity index is 927. The second-order valence-corrected chi connectivity index (χ2v) is 7.21. The van der Waals surface area contributed by atoms with Crippen molar-refractivity contribution in [2.45, 2.75) is 25.5 Å². The number of amides is 1. The fourth-order valence-electron chi connectivity index (χ4n) is 2.33. The molecule has 134 valence electrons. The molecular formula is C19H18ClN3O2S. The third-order valence-corrected chi connectivity index (χ3v) is 5.00. The summed E-state index contributed by atoms with van der Waals surface area (Å²) in [7, 11) is 0. The van der Waals surface area contributed by atoms with Crippen LogP contribution in [0.5, 0.6) is 0 Å². The second-order valence-electron chi connectivity index (χ2n) is 5.87. The van der Waals surface area contributed by atoms with Gasteiger partial charge in [0.25, 0.3) is 5.22 Å². The maximum atomic E-state index is 12.0. The summed E-state index contributed by atoms with van der Waals surface area (Å²) < 4.78 is 5.62. The van der Waals surface area contributed by atoms with Crippen LogP contribution in [0.3, 0.4) is 0 Å². The number of hydrogen-bond donors (Lipinski definition) is 1. The molecule has 0 spiro atoms. The van der Waals surface area contributed by atoms with Gasteiger partial charge in [0.2, 0.25) is 11.8 Å². The molecular weight excluding hydrogens is 370 g/mol. The number of hydrogen-bond acceptors (Lipinski definition) is 5. The fourth-order valence-corrected chi connectivity index (χ4v) is 3.10. The minimum atomic E-state index is -0.183. The number of anilines is 1. The molecule has 1 amide bonds. The monoisotopic (exact) mass is 387 g/mol. The number of rotatable bonds is 6. The summed E-state index contributed by atoms with van der Waals surface area (Å²) >= 11 is 7.22. The number of aromatic nitrogens is 2. The highest BCUT2D eigenvalue weighted by molar-refractivity contribution is 7.99. The van der Waals surface area contributed by atoms with Crippen molar-refractivity contribution < 1.29 is 9.21 Å². The van der Waals surface area contributed by atoms with Crippen molar-refractivity contribution in [1.29, 1.82) is 0 Å². The SMILES string of the molecule is Cc1ccc(Cc2nnc(SCC(=O)Nc3ccccc3Cl)o2)cc1C. The standard InChI is InChI=1S/C19H18ClN3O2S/c1-12-7-8-14(9-13(12)2)10-18-22-23-19(25-18)26-11-17(24)21-16-6-4-3-5-15(16)20/h3-9H,10-11H2,1-2H3,(H,21,24). The van der Waals surface area contributed by atoms with Crippen LogP contribution in [0, 0.1) is 13.8 Å². The van der Waals surface area contributed by atoms with E-state index < -0.39 is 0 Å². The van der Waals surface area contributed by atoms with Gasteiger partial charge < -0.3 is 9.73 Å². The van der Waals surface area contributed by atoms with E-state index in [4.69, 9.17) is 16.0 Å². The van der Waals surface area contributed by atoms with Crippen molar-refractivity contribution in [1.82, 2.24) is 10.2 Å². The van der Waals surface area contributed by atoms with Crippen LogP contribution in [0.4, 0.5) is 5.69 Å². The summed E-state index contributed by atoms with van der Waals surface area (Å²) in [5.74, 6) is 0.510. The lowest BCUT2D eigenvalue weighted by atomic mass is 10.0. The molecule has 0 fully saturated rings. The van der Waals surface area contributed by atoms with Gasteiger partial charge in [0.15, 0.2) is 0 Å². The highest BCUT2D eigenvalue weighted by atomic mass is 35.5. The largest absolute Gasteiger partial charge is 0.416 e. The average Bonchev–Trinajstić information content (AvgIpc) is 3.06. The molecule has 3 rings (SSSR count). The van der Waals surface area contributed by atoms with Crippen LogP contribution in [0.15, 0.2) is 52.1 Å². The predicted octanol–water partition coefficient (Wildman–Crippen LogP) is 4.66. The minimum absolute atomic E-state index is 0.163. The molecule has 26 heavy (non-hydrogen) atoms. The van der Waals surface area contributed by atoms with E-state index in [1.807, 2.05) is 12.1 Å². The second kappa shape index (κ2) is 8.38. The number of thioether (sulfide) groups is 1. The van der Waals surface area contributed by atoms with Crippen molar-refractivity contribution in [3.63, 3.8) is 0 Å². The smallest absolute Gasteiger partial charge is 0.277 e. The summed E-state index contributed by atoms with van der Waals surface area (Å²) in [5.41, 5.74) is 4.18. The lowest BCUT2D eigenvalue weighted by Gasteiger charge is -2.05. The first-order chi connectivity index (χ1) is 12.5. The molecule has 0 aliphatic rings. The molecule has 2 aromatic carbocycles. The summed E-state index contributed by atoms with van der Waals surface area (Å²) in [4.78, 5) is 12.0. The van der Waals surface area contributed by atoms with E-state index in [0.717, 1.165) is 5.56 Å². The Kier molecular flexibility index (Phi) is 5.96. The summed E-state index contributed by atoms with van der Waals surface area (Å²) in [6.45, 7) is 4.15. The lowest BCUT2D eigenvalue weighted by Crippen LogP contribution is -2.14. The van der Waals surface area contributed by atoms with E-state index in [9.17, 15) is 4.79 Å². The van der Waals surface area contributed by atoms with Crippen LogP contribution in [-0.2, 0) is 11.2 Å². The Balaban J connectivity index is 1.54. The molecule has 1 N–H and O–H groups in total. The number of carbonyl (C=O) groups excluding carboxylic acids is 1. The number of benzene rings is 2. The normalized spacial score (nSPS) is 10.7. The number of nitrogens with zero attached hydrogens (tertiary/aromatic N) is 2. The van der Waals surface area contributed by atoms with E-state index >= 15 is 0 Å². The van der Waals surface area contributed by atoms with E-state index in [1.165, 1.54) is 22.9 Å². The predicted molar refractivity (Wildman–Crippen MR) is 104 cm³/mol. The molecule has 1 aromatic heterocycles. The van der Waals surface area contributed by atoms with Gasteiger partial charge >= 0.3 is 0 Å². The first-order valence-electron chi connectivity index (χ1n) is 8.07. The Morgan fingerprint density at radius 1 is 1.15 bits per heavy atom. The van der Waals surface area contributed by atoms with Gasteiger partial charge in [0, 0.05) is 0 Å². The zero-order valence-corrected chi connectivity index (χ0v) is 16.0. The van der Waals surface area contributed by atoms with Crippen LogP contribution in [-0.4, -0.2) is 21.9 Å². The van der Waals surface area contributed by atoms with Crippen LogP contribution in [0.1, 0.15) is 22.6 Å². The first-order valence-corrected chi connectivity index (χ1v) is 9.43. The topological polar surface area (TPSA) is 68.0 Å². The van der Waals surface area contributed by atoms with Gasteiger partial charge in [0.1, 0.15) is 0 Å². The molecule has 0 radical (unpaired) electrons. The molecule has 0 saturated heterocycles. The van der Waals surface area contributed by atoms with Gasteiger partial charge in [-0.25, -0.2) is 0 Å². The summed E-state index contributed by atoms with van der Waals surface area (Å²) in [6.07, 6.45) is 0.570. The van der Waals surface area contributed by atoms with Gasteiger partial charge in [-0.3, -0.25) is 4.79 Å². The maximum absolute atomic E-state index is 12.0. The molecule has 1 heterocycles. The van der Waals surface area contributed by atoms with Crippen LogP contribution in [0.25, 0.3) is 0 Å². The Morgan fingerprint density at radius 2 is 1.96 bits per heavy atom. The van der Waals surface area contributed by atoms with Gasteiger partial charge in [-0.2, -0.15) is 0 Å². The summed E-state index contributed by atoms with van der Waals surface area (Å²) in [6, 6.07) is 13.3. The average molecular weight is 388 g/mol. The van der Waals surface area contributed by atoms with Crippen molar-refractivity contribution in [2.24, 2.45) is 0 Å². The number of carbonyl (C=O) groups is 1. The Hall–Kier alpha value is -2.31. The number of nitrogens with one attached hydrogen (secondary N) is 1. The number of para-hydroxylation sites is 1. The van der Waals surface area contributed by atoms with Crippen molar-refractivity contribution >= 4 is 35.0 Å². The highest BCUT2D eigenvalue weighted by Gasteiger charge is 2.11.